The molecule has 4 heteroatoms. The molecule has 0 amide bonds. The number of ether oxygens (including phenoxy) is 1. The van der Waals surface area contributed by atoms with Crippen LogP contribution < -0.4 is 4.74 Å². The molecule has 0 saturated heterocycles. The lowest BCUT2D eigenvalue weighted by molar-refractivity contribution is 0.443. The van der Waals surface area contributed by atoms with Crippen molar-refractivity contribution in [2.75, 3.05) is 0 Å². The molecule has 0 spiro atoms. The Labute approximate surface area is 112 Å². The minimum Gasteiger partial charge on any atom is -0.421 e. The summed E-state index contributed by atoms with van der Waals surface area (Å²) in [5, 5.41) is 8.68. The molecule has 0 radical (unpaired) electrons. The number of aromatic nitrogens is 2. The highest BCUT2D eigenvalue weighted by molar-refractivity contribution is 5.30. The fraction of sp³-hybridized carbons (Fsp3) is 0.267. The van der Waals surface area contributed by atoms with Crippen molar-refractivity contribution in [2.24, 2.45) is 0 Å². The molecule has 2 aromatic rings. The average Bonchev–Trinajstić information content (AvgIpc) is 2.39. The van der Waals surface area contributed by atoms with E-state index in [1.54, 1.807) is 18.3 Å². The van der Waals surface area contributed by atoms with Gasteiger partial charge in [-0.05, 0) is 17.0 Å². The second-order valence-electron chi connectivity index (χ2n) is 5.23. The molecule has 0 unspecified atom stereocenters. The first-order valence-corrected chi connectivity index (χ1v) is 5.99. The Morgan fingerprint density at radius 3 is 2.05 bits per heavy atom. The first-order valence-electron chi connectivity index (χ1n) is 5.99. The van der Waals surface area contributed by atoms with Crippen molar-refractivity contribution in [1.29, 1.82) is 5.26 Å². The summed E-state index contributed by atoms with van der Waals surface area (Å²) in [7, 11) is 0. The lowest BCUT2D eigenvalue weighted by Crippen LogP contribution is -2.11. The SMILES string of the molecule is CC(C)(C)c1ccc(Oc2ccc(C#N)cn2)nc1. The van der Waals surface area contributed by atoms with E-state index >= 15 is 0 Å². The van der Waals surface area contributed by atoms with Gasteiger partial charge in [0.1, 0.15) is 6.07 Å². The fourth-order valence-corrected chi connectivity index (χ4v) is 1.50. The number of hydrogen-bond donors (Lipinski definition) is 0. The third kappa shape index (κ3) is 3.29. The van der Waals surface area contributed by atoms with E-state index < -0.39 is 0 Å². The summed E-state index contributed by atoms with van der Waals surface area (Å²) in [4.78, 5) is 8.29. The Morgan fingerprint density at radius 1 is 1.00 bits per heavy atom. The van der Waals surface area contributed by atoms with Crippen molar-refractivity contribution < 1.29 is 4.74 Å². The van der Waals surface area contributed by atoms with Gasteiger partial charge >= 0.3 is 0 Å². The zero-order chi connectivity index (χ0) is 13.9. The molecule has 19 heavy (non-hydrogen) atoms. The molecule has 96 valence electrons. The van der Waals surface area contributed by atoms with E-state index in [0.717, 1.165) is 5.56 Å². The zero-order valence-corrected chi connectivity index (χ0v) is 11.2. The summed E-state index contributed by atoms with van der Waals surface area (Å²) in [6, 6.07) is 9.13. The summed E-state index contributed by atoms with van der Waals surface area (Å²) in [5.41, 5.74) is 1.72. The third-order valence-corrected chi connectivity index (χ3v) is 2.68. The predicted octanol–water partition coefficient (Wildman–Crippen LogP) is 3.44. The highest BCUT2D eigenvalue weighted by Crippen LogP contribution is 2.24. The van der Waals surface area contributed by atoms with E-state index in [-0.39, 0.29) is 5.41 Å². The van der Waals surface area contributed by atoms with E-state index in [0.29, 0.717) is 17.3 Å². The Hall–Kier alpha value is -2.41. The molecular formula is C15H15N3O. The largest absolute Gasteiger partial charge is 0.421 e. The molecular weight excluding hydrogens is 238 g/mol. The van der Waals surface area contributed by atoms with E-state index in [4.69, 9.17) is 10.00 Å². The first kappa shape index (κ1) is 13.0. The Kier molecular flexibility index (Phi) is 3.48. The van der Waals surface area contributed by atoms with Gasteiger partial charge in [0.25, 0.3) is 0 Å². The van der Waals surface area contributed by atoms with Crippen molar-refractivity contribution in [1.82, 2.24) is 9.97 Å². The Balaban J connectivity index is 2.13. The molecule has 0 aromatic carbocycles. The molecule has 2 aromatic heterocycles. The number of nitriles is 1. The van der Waals surface area contributed by atoms with Crippen LogP contribution in [0.4, 0.5) is 0 Å². The normalized spacial score (nSPS) is 10.8. The van der Waals surface area contributed by atoms with Crippen LogP contribution in [-0.2, 0) is 5.41 Å². The quantitative estimate of drug-likeness (QED) is 0.822. The van der Waals surface area contributed by atoms with Gasteiger partial charge in [0, 0.05) is 24.5 Å². The van der Waals surface area contributed by atoms with Gasteiger partial charge in [-0.2, -0.15) is 5.26 Å². The van der Waals surface area contributed by atoms with Gasteiger partial charge in [0.2, 0.25) is 11.8 Å². The van der Waals surface area contributed by atoms with E-state index in [2.05, 4.69) is 30.7 Å². The molecule has 0 bridgehead atoms. The van der Waals surface area contributed by atoms with Crippen LogP contribution in [0.3, 0.4) is 0 Å². The van der Waals surface area contributed by atoms with Gasteiger partial charge in [-0.15, -0.1) is 0 Å². The summed E-state index contributed by atoms with van der Waals surface area (Å²) >= 11 is 0. The van der Waals surface area contributed by atoms with E-state index in [1.807, 2.05) is 18.2 Å². The van der Waals surface area contributed by atoms with Crippen molar-refractivity contribution >= 4 is 0 Å². The zero-order valence-electron chi connectivity index (χ0n) is 11.2. The van der Waals surface area contributed by atoms with Gasteiger partial charge in [-0.3, -0.25) is 0 Å². The maximum Gasteiger partial charge on any atom is 0.221 e. The summed E-state index contributed by atoms with van der Waals surface area (Å²) in [5.74, 6) is 0.917. The summed E-state index contributed by atoms with van der Waals surface area (Å²) in [6.07, 6.45) is 3.28. The average molecular weight is 253 g/mol. The van der Waals surface area contributed by atoms with Gasteiger partial charge in [0.05, 0.1) is 5.56 Å². The highest BCUT2D eigenvalue weighted by Gasteiger charge is 2.13. The van der Waals surface area contributed by atoms with Crippen molar-refractivity contribution in [2.45, 2.75) is 26.2 Å². The van der Waals surface area contributed by atoms with Crippen molar-refractivity contribution in [3.8, 4) is 17.8 Å². The fourth-order valence-electron chi connectivity index (χ4n) is 1.50. The van der Waals surface area contributed by atoms with Crippen LogP contribution in [0.25, 0.3) is 0 Å². The Bertz CT molecular complexity index is 589. The number of nitrogens with zero attached hydrogens (tertiary/aromatic N) is 3. The van der Waals surface area contributed by atoms with Crippen LogP contribution in [-0.4, -0.2) is 9.97 Å². The van der Waals surface area contributed by atoms with Gasteiger partial charge in [0.15, 0.2) is 0 Å². The molecule has 0 aliphatic carbocycles. The van der Waals surface area contributed by atoms with Gasteiger partial charge < -0.3 is 4.74 Å². The maximum absolute atomic E-state index is 8.68. The van der Waals surface area contributed by atoms with Crippen LogP contribution in [0.1, 0.15) is 31.9 Å². The van der Waals surface area contributed by atoms with Gasteiger partial charge in [-0.1, -0.05) is 26.8 Å². The summed E-state index contributed by atoms with van der Waals surface area (Å²) in [6.45, 7) is 6.39. The monoisotopic (exact) mass is 253 g/mol. The van der Waals surface area contributed by atoms with Crippen molar-refractivity contribution in [3.05, 3.63) is 47.8 Å². The molecule has 2 heterocycles. The second-order valence-corrected chi connectivity index (χ2v) is 5.23. The second kappa shape index (κ2) is 5.07. The van der Waals surface area contributed by atoms with E-state index in [1.165, 1.54) is 6.20 Å². The number of rotatable bonds is 2. The van der Waals surface area contributed by atoms with Crippen LogP contribution in [0, 0.1) is 11.3 Å². The topological polar surface area (TPSA) is 58.8 Å². The van der Waals surface area contributed by atoms with Crippen molar-refractivity contribution in [3.63, 3.8) is 0 Å². The summed E-state index contributed by atoms with van der Waals surface area (Å²) < 4.78 is 5.51. The first-order chi connectivity index (χ1) is 8.99. The molecule has 0 atom stereocenters. The van der Waals surface area contributed by atoms with Crippen LogP contribution >= 0.6 is 0 Å². The third-order valence-electron chi connectivity index (χ3n) is 2.68. The minimum absolute atomic E-state index is 0.0677. The van der Waals surface area contributed by atoms with Crippen LogP contribution in [0.2, 0.25) is 0 Å². The predicted molar refractivity (Wildman–Crippen MR) is 72.0 cm³/mol. The smallest absolute Gasteiger partial charge is 0.221 e. The molecule has 0 aliphatic heterocycles. The molecule has 0 N–H and O–H groups in total. The Morgan fingerprint density at radius 2 is 1.63 bits per heavy atom. The molecule has 0 saturated carbocycles. The standard InChI is InChI=1S/C15H15N3O/c1-15(2,3)12-5-7-14(18-10-12)19-13-6-4-11(8-16)9-17-13/h4-7,9-10H,1-3H3. The van der Waals surface area contributed by atoms with E-state index in [9.17, 15) is 0 Å². The number of pyridine rings is 2. The molecule has 0 aliphatic rings. The molecule has 4 nitrogen and oxygen atoms in total. The maximum atomic E-state index is 8.68. The lowest BCUT2D eigenvalue weighted by atomic mass is 9.88. The minimum atomic E-state index is 0.0677. The molecule has 2 rings (SSSR count). The van der Waals surface area contributed by atoms with Crippen LogP contribution in [0.15, 0.2) is 36.7 Å². The van der Waals surface area contributed by atoms with Crippen LogP contribution in [0.5, 0.6) is 11.8 Å². The highest BCUT2D eigenvalue weighted by atomic mass is 16.5. The van der Waals surface area contributed by atoms with Gasteiger partial charge in [-0.25, -0.2) is 9.97 Å². The molecule has 0 fully saturated rings. The lowest BCUT2D eigenvalue weighted by Gasteiger charge is -2.18. The number of hydrogen-bond acceptors (Lipinski definition) is 4.